The second-order valence-corrected chi connectivity index (χ2v) is 6.87. The Morgan fingerprint density at radius 1 is 1.00 bits per heavy atom. The summed E-state index contributed by atoms with van der Waals surface area (Å²) in [5, 5.41) is 9.60. The first-order valence-electron chi connectivity index (χ1n) is 10.1. The Morgan fingerprint density at radius 3 is 2.22 bits per heavy atom. The Kier molecular flexibility index (Phi) is 10.5. The number of benzene rings is 1. The normalized spacial score (nSPS) is 13.0. The molecule has 5 nitrogen and oxygen atoms in total. The molecule has 1 atom stereocenters. The van der Waals surface area contributed by atoms with Gasteiger partial charge in [0.2, 0.25) is 0 Å². The van der Waals surface area contributed by atoms with Gasteiger partial charge in [-0.25, -0.2) is 0 Å². The van der Waals surface area contributed by atoms with E-state index in [-0.39, 0.29) is 19.4 Å². The van der Waals surface area contributed by atoms with Crippen LogP contribution in [-0.2, 0) is 20.7 Å². The van der Waals surface area contributed by atoms with Crippen LogP contribution in [0, 0.1) is 5.41 Å². The van der Waals surface area contributed by atoms with Crippen LogP contribution >= 0.6 is 0 Å². The van der Waals surface area contributed by atoms with Crippen molar-refractivity contribution in [3.05, 3.63) is 29.8 Å². The second-order valence-electron chi connectivity index (χ2n) is 6.87. The van der Waals surface area contributed by atoms with Crippen molar-refractivity contribution in [3.8, 4) is 5.75 Å². The maximum Gasteiger partial charge on any atom is 0.323 e. The Morgan fingerprint density at radius 2 is 1.67 bits per heavy atom. The lowest BCUT2D eigenvalue weighted by molar-refractivity contribution is -0.169. The zero-order valence-electron chi connectivity index (χ0n) is 17.0. The molecule has 0 amide bonds. The quantitative estimate of drug-likeness (QED) is 0.280. The van der Waals surface area contributed by atoms with Crippen molar-refractivity contribution < 1.29 is 24.2 Å². The highest BCUT2D eigenvalue weighted by atomic mass is 16.5. The first kappa shape index (κ1) is 23.0. The standard InChI is InChI=1S/C22H34O5/c1-4-7-8-9-10-17-27-19-13-11-18(12-14-19)15-16-22(5-2,20(23)24)21(25)26-6-3/h11-14H,4-10,15-17H2,1-3H3,(H,23,24). The van der Waals surface area contributed by atoms with Gasteiger partial charge in [-0.1, -0.05) is 51.7 Å². The van der Waals surface area contributed by atoms with Crippen LogP contribution in [0.3, 0.4) is 0 Å². The third-order valence-corrected chi connectivity index (χ3v) is 4.96. The number of hydrogen-bond acceptors (Lipinski definition) is 4. The molecular weight excluding hydrogens is 344 g/mol. The van der Waals surface area contributed by atoms with Gasteiger partial charge in [-0.2, -0.15) is 0 Å². The van der Waals surface area contributed by atoms with Gasteiger partial charge in [0.25, 0.3) is 0 Å². The van der Waals surface area contributed by atoms with Crippen LogP contribution in [0.2, 0.25) is 0 Å². The van der Waals surface area contributed by atoms with Gasteiger partial charge in [-0.15, -0.1) is 0 Å². The van der Waals surface area contributed by atoms with Crippen LogP contribution in [0.4, 0.5) is 0 Å². The fraction of sp³-hybridized carbons (Fsp3) is 0.636. The van der Waals surface area contributed by atoms with E-state index >= 15 is 0 Å². The summed E-state index contributed by atoms with van der Waals surface area (Å²) >= 11 is 0. The first-order valence-corrected chi connectivity index (χ1v) is 10.1. The molecule has 0 saturated heterocycles. The van der Waals surface area contributed by atoms with Crippen LogP contribution in [0.1, 0.15) is 71.3 Å². The number of carbonyl (C=O) groups excluding carboxylic acids is 1. The predicted molar refractivity (Wildman–Crippen MR) is 106 cm³/mol. The van der Waals surface area contributed by atoms with E-state index in [1.54, 1.807) is 13.8 Å². The van der Waals surface area contributed by atoms with Gasteiger partial charge in [0.15, 0.2) is 5.41 Å². The maximum atomic E-state index is 12.2. The molecule has 0 aliphatic carbocycles. The summed E-state index contributed by atoms with van der Waals surface area (Å²) in [6, 6.07) is 7.67. The van der Waals surface area contributed by atoms with Crippen molar-refractivity contribution in [2.75, 3.05) is 13.2 Å². The predicted octanol–water partition coefficient (Wildman–Crippen LogP) is 5.01. The van der Waals surface area contributed by atoms with Gasteiger partial charge in [0.1, 0.15) is 5.75 Å². The molecule has 0 spiro atoms. The average Bonchev–Trinajstić information content (AvgIpc) is 2.66. The molecule has 0 aliphatic rings. The van der Waals surface area contributed by atoms with Crippen molar-refractivity contribution in [2.45, 2.75) is 72.1 Å². The molecule has 0 aromatic heterocycles. The second kappa shape index (κ2) is 12.4. The summed E-state index contributed by atoms with van der Waals surface area (Å²) in [6.45, 7) is 6.49. The number of unbranched alkanes of at least 4 members (excludes halogenated alkanes) is 4. The van der Waals surface area contributed by atoms with Gasteiger partial charge in [0.05, 0.1) is 13.2 Å². The van der Waals surface area contributed by atoms with Gasteiger partial charge in [-0.3, -0.25) is 9.59 Å². The van der Waals surface area contributed by atoms with Gasteiger partial charge in [0, 0.05) is 0 Å². The molecule has 27 heavy (non-hydrogen) atoms. The highest BCUT2D eigenvalue weighted by Gasteiger charge is 2.45. The minimum atomic E-state index is -1.48. The molecule has 0 bridgehead atoms. The lowest BCUT2D eigenvalue weighted by Gasteiger charge is -2.25. The van der Waals surface area contributed by atoms with Crippen molar-refractivity contribution in [1.82, 2.24) is 0 Å². The largest absolute Gasteiger partial charge is 0.494 e. The number of ether oxygens (including phenoxy) is 2. The van der Waals surface area contributed by atoms with Crippen LogP contribution in [0.25, 0.3) is 0 Å². The minimum Gasteiger partial charge on any atom is -0.494 e. The molecule has 1 aromatic carbocycles. The Hall–Kier alpha value is -2.04. The van der Waals surface area contributed by atoms with Crippen LogP contribution in [0.15, 0.2) is 24.3 Å². The number of esters is 1. The summed E-state index contributed by atoms with van der Waals surface area (Å²) in [5.41, 5.74) is -0.502. The molecule has 1 aromatic rings. The number of hydrogen-bond donors (Lipinski definition) is 1. The van der Waals surface area contributed by atoms with E-state index in [9.17, 15) is 14.7 Å². The molecule has 152 valence electrons. The molecule has 0 radical (unpaired) electrons. The van der Waals surface area contributed by atoms with E-state index in [0.29, 0.717) is 13.0 Å². The van der Waals surface area contributed by atoms with E-state index in [4.69, 9.17) is 9.47 Å². The topological polar surface area (TPSA) is 72.8 Å². The van der Waals surface area contributed by atoms with Crippen molar-refractivity contribution in [3.63, 3.8) is 0 Å². The smallest absolute Gasteiger partial charge is 0.323 e. The lowest BCUT2D eigenvalue weighted by Crippen LogP contribution is -2.40. The molecular formula is C22H34O5. The van der Waals surface area contributed by atoms with Crippen molar-refractivity contribution >= 4 is 11.9 Å². The molecule has 0 aliphatic heterocycles. The molecule has 1 unspecified atom stereocenters. The van der Waals surface area contributed by atoms with Gasteiger partial charge in [-0.05, 0) is 50.3 Å². The zero-order chi connectivity index (χ0) is 20.1. The van der Waals surface area contributed by atoms with E-state index in [0.717, 1.165) is 17.7 Å². The lowest BCUT2D eigenvalue weighted by atomic mass is 9.79. The van der Waals surface area contributed by atoms with Crippen molar-refractivity contribution in [1.29, 1.82) is 0 Å². The first-order chi connectivity index (χ1) is 13.0. The number of carboxylic acid groups (broad SMARTS) is 1. The molecule has 1 N–H and O–H groups in total. The number of aryl methyl sites for hydroxylation is 1. The number of rotatable bonds is 14. The molecule has 0 heterocycles. The number of carboxylic acids is 1. The monoisotopic (exact) mass is 378 g/mol. The molecule has 1 rings (SSSR count). The van der Waals surface area contributed by atoms with E-state index in [1.165, 1.54) is 25.7 Å². The fourth-order valence-electron chi connectivity index (χ4n) is 3.04. The third kappa shape index (κ3) is 7.24. The summed E-state index contributed by atoms with van der Waals surface area (Å²) in [5.74, 6) is -0.950. The summed E-state index contributed by atoms with van der Waals surface area (Å²) < 4.78 is 10.8. The Bertz CT molecular complexity index is 567. The number of aliphatic carboxylic acids is 1. The van der Waals surface area contributed by atoms with Crippen LogP contribution in [0.5, 0.6) is 5.75 Å². The van der Waals surface area contributed by atoms with Crippen molar-refractivity contribution in [2.24, 2.45) is 5.41 Å². The van der Waals surface area contributed by atoms with Crippen LogP contribution < -0.4 is 4.74 Å². The SMILES string of the molecule is CCCCCCCOc1ccc(CCC(CC)(C(=O)O)C(=O)OCC)cc1. The average molecular weight is 379 g/mol. The van der Waals surface area contributed by atoms with Gasteiger partial charge < -0.3 is 14.6 Å². The fourth-order valence-corrected chi connectivity index (χ4v) is 3.04. The zero-order valence-corrected chi connectivity index (χ0v) is 17.0. The summed E-state index contributed by atoms with van der Waals surface area (Å²) in [4.78, 5) is 23.9. The molecule has 5 heteroatoms. The van der Waals surface area contributed by atoms with Gasteiger partial charge >= 0.3 is 11.9 Å². The Labute approximate surface area is 163 Å². The Balaban J connectivity index is 2.55. The summed E-state index contributed by atoms with van der Waals surface area (Å²) in [7, 11) is 0. The maximum absolute atomic E-state index is 12.2. The number of carbonyl (C=O) groups is 2. The van der Waals surface area contributed by atoms with E-state index in [2.05, 4.69) is 6.92 Å². The van der Waals surface area contributed by atoms with Crippen LogP contribution in [-0.4, -0.2) is 30.3 Å². The van der Waals surface area contributed by atoms with E-state index < -0.39 is 17.4 Å². The highest BCUT2D eigenvalue weighted by Crippen LogP contribution is 2.31. The van der Waals surface area contributed by atoms with E-state index in [1.807, 2.05) is 24.3 Å². The molecule has 0 saturated carbocycles. The molecule has 0 fully saturated rings. The minimum absolute atomic E-state index is 0.179. The highest BCUT2D eigenvalue weighted by molar-refractivity contribution is 5.99. The summed E-state index contributed by atoms with van der Waals surface area (Å²) in [6.07, 6.45) is 6.93. The third-order valence-electron chi connectivity index (χ3n) is 4.96.